The summed E-state index contributed by atoms with van der Waals surface area (Å²) in [6, 6.07) is 2.17. The van der Waals surface area contributed by atoms with E-state index in [0.29, 0.717) is 6.42 Å². The minimum atomic E-state index is -0.981. The van der Waals surface area contributed by atoms with E-state index in [0.717, 1.165) is 25.7 Å². The molecule has 0 aromatic carbocycles. The Morgan fingerprint density at radius 3 is 2.76 bits per heavy atom. The molecular weight excluding hydrogens is 272 g/mol. The van der Waals surface area contributed by atoms with Crippen LogP contribution in [0.2, 0.25) is 0 Å². The monoisotopic (exact) mass is 290 g/mol. The first-order chi connectivity index (χ1) is 10.1. The molecule has 1 aliphatic carbocycles. The van der Waals surface area contributed by atoms with Crippen molar-refractivity contribution in [2.45, 2.75) is 44.2 Å². The fourth-order valence-electron chi connectivity index (χ4n) is 3.70. The number of amides is 1. The molecule has 21 heavy (non-hydrogen) atoms. The number of nitrogens with zero attached hydrogens (tertiary/aromatic N) is 1. The van der Waals surface area contributed by atoms with Crippen molar-refractivity contribution in [1.82, 2.24) is 9.88 Å². The molecule has 2 N–H and O–H groups in total. The van der Waals surface area contributed by atoms with Crippen LogP contribution < -0.4 is 5.56 Å². The highest BCUT2D eigenvalue weighted by Gasteiger charge is 2.47. The molecule has 6 nitrogen and oxygen atoms in total. The number of rotatable bonds is 2. The zero-order valence-electron chi connectivity index (χ0n) is 11.6. The summed E-state index contributed by atoms with van der Waals surface area (Å²) in [6.07, 6.45) is 5.83. The lowest BCUT2D eigenvalue weighted by atomic mass is 9.84. The number of carbonyl (C=O) groups excluding carboxylic acids is 1. The first kappa shape index (κ1) is 13.9. The summed E-state index contributed by atoms with van der Waals surface area (Å²) in [5, 5.41) is 9.42. The highest BCUT2D eigenvalue weighted by atomic mass is 16.4. The van der Waals surface area contributed by atoms with Crippen LogP contribution in [0.15, 0.2) is 23.1 Å². The van der Waals surface area contributed by atoms with Crippen LogP contribution in [0.3, 0.4) is 0 Å². The van der Waals surface area contributed by atoms with Gasteiger partial charge in [0.15, 0.2) is 0 Å². The van der Waals surface area contributed by atoms with Crippen molar-refractivity contribution in [3.8, 4) is 0 Å². The number of aliphatic carboxylic acids is 1. The first-order valence-electron chi connectivity index (χ1n) is 7.33. The van der Waals surface area contributed by atoms with Gasteiger partial charge in [0, 0.05) is 12.2 Å². The number of carboxylic acids is 1. The molecule has 3 rings (SSSR count). The second-order valence-electron chi connectivity index (χ2n) is 5.83. The number of fused-ring (bicyclic) bond motifs is 1. The SMILES string of the molecule is O=C(O)C1CC2CCCCC2N1C(=O)c1ccc[nH]c1=O. The average Bonchev–Trinajstić information content (AvgIpc) is 2.86. The van der Waals surface area contributed by atoms with Gasteiger partial charge in [0.05, 0.1) is 0 Å². The summed E-state index contributed by atoms with van der Waals surface area (Å²) in [4.78, 5) is 39.9. The van der Waals surface area contributed by atoms with Crippen LogP contribution in [-0.4, -0.2) is 39.0 Å². The van der Waals surface area contributed by atoms with Gasteiger partial charge in [0.25, 0.3) is 11.5 Å². The Hall–Kier alpha value is -2.11. The largest absolute Gasteiger partial charge is 0.480 e. The van der Waals surface area contributed by atoms with Crippen LogP contribution in [0.1, 0.15) is 42.5 Å². The lowest BCUT2D eigenvalue weighted by molar-refractivity contribution is -0.141. The van der Waals surface area contributed by atoms with E-state index in [9.17, 15) is 19.5 Å². The minimum Gasteiger partial charge on any atom is -0.480 e. The van der Waals surface area contributed by atoms with Crippen LogP contribution in [0.25, 0.3) is 0 Å². The summed E-state index contributed by atoms with van der Waals surface area (Å²) in [5.74, 6) is -1.20. The summed E-state index contributed by atoms with van der Waals surface area (Å²) >= 11 is 0. The molecule has 2 aliphatic rings. The number of nitrogens with one attached hydrogen (secondary N) is 1. The molecule has 1 aromatic heterocycles. The standard InChI is InChI=1S/C15H18N2O4/c18-13-10(5-3-7-16-13)14(19)17-11-6-2-1-4-9(11)8-12(17)15(20)21/h3,5,7,9,11-12H,1-2,4,6,8H2,(H,16,18)(H,20,21). The van der Waals surface area contributed by atoms with Gasteiger partial charge in [-0.1, -0.05) is 12.8 Å². The van der Waals surface area contributed by atoms with Gasteiger partial charge >= 0.3 is 5.97 Å². The quantitative estimate of drug-likeness (QED) is 0.857. The first-order valence-corrected chi connectivity index (χ1v) is 7.33. The van der Waals surface area contributed by atoms with Gasteiger partial charge < -0.3 is 15.0 Å². The number of aromatic amines is 1. The predicted molar refractivity (Wildman–Crippen MR) is 75.0 cm³/mol. The zero-order chi connectivity index (χ0) is 15.0. The van der Waals surface area contributed by atoms with Gasteiger partial charge in [-0.3, -0.25) is 9.59 Å². The average molecular weight is 290 g/mol. The van der Waals surface area contributed by atoms with Crippen LogP contribution >= 0.6 is 0 Å². The molecule has 2 heterocycles. The Bertz CT molecular complexity index is 624. The van der Waals surface area contributed by atoms with Crippen molar-refractivity contribution in [1.29, 1.82) is 0 Å². The fraction of sp³-hybridized carbons (Fsp3) is 0.533. The second-order valence-corrected chi connectivity index (χ2v) is 5.83. The Morgan fingerprint density at radius 2 is 2.05 bits per heavy atom. The maximum absolute atomic E-state index is 12.7. The van der Waals surface area contributed by atoms with E-state index in [-0.39, 0.29) is 17.5 Å². The normalized spacial score (nSPS) is 28.2. The molecule has 0 bridgehead atoms. The van der Waals surface area contributed by atoms with Gasteiger partial charge in [-0.2, -0.15) is 0 Å². The molecule has 0 spiro atoms. The maximum atomic E-state index is 12.7. The van der Waals surface area contributed by atoms with Crippen molar-refractivity contribution in [3.63, 3.8) is 0 Å². The third kappa shape index (κ3) is 2.34. The molecular formula is C15H18N2O4. The van der Waals surface area contributed by atoms with E-state index in [2.05, 4.69) is 4.98 Å². The molecule has 1 aliphatic heterocycles. The van der Waals surface area contributed by atoms with Crippen molar-refractivity contribution in [2.24, 2.45) is 5.92 Å². The number of carbonyl (C=O) groups is 2. The van der Waals surface area contributed by atoms with E-state index >= 15 is 0 Å². The minimum absolute atomic E-state index is 0.0231. The maximum Gasteiger partial charge on any atom is 0.326 e. The number of likely N-dealkylation sites (tertiary alicyclic amines) is 1. The summed E-state index contributed by atoms with van der Waals surface area (Å²) in [7, 11) is 0. The zero-order valence-corrected chi connectivity index (χ0v) is 11.6. The Labute approximate surface area is 121 Å². The highest BCUT2D eigenvalue weighted by molar-refractivity contribution is 5.97. The molecule has 3 atom stereocenters. The Balaban J connectivity index is 1.97. The summed E-state index contributed by atoms with van der Waals surface area (Å²) in [6.45, 7) is 0. The second kappa shape index (κ2) is 5.35. The third-order valence-electron chi connectivity index (χ3n) is 4.66. The van der Waals surface area contributed by atoms with E-state index in [1.807, 2.05) is 0 Å². The van der Waals surface area contributed by atoms with E-state index < -0.39 is 23.5 Å². The molecule has 6 heteroatoms. The third-order valence-corrected chi connectivity index (χ3v) is 4.66. The van der Waals surface area contributed by atoms with Crippen LogP contribution in [-0.2, 0) is 4.79 Å². The molecule has 1 saturated carbocycles. The van der Waals surface area contributed by atoms with E-state index in [1.54, 1.807) is 6.07 Å². The number of hydrogen-bond acceptors (Lipinski definition) is 3. The summed E-state index contributed by atoms with van der Waals surface area (Å²) < 4.78 is 0. The van der Waals surface area contributed by atoms with Gasteiger partial charge in [0.1, 0.15) is 11.6 Å². The smallest absolute Gasteiger partial charge is 0.326 e. The van der Waals surface area contributed by atoms with E-state index in [1.165, 1.54) is 17.2 Å². The van der Waals surface area contributed by atoms with E-state index in [4.69, 9.17) is 0 Å². The Morgan fingerprint density at radius 1 is 1.29 bits per heavy atom. The molecule has 1 amide bonds. The predicted octanol–water partition coefficient (Wildman–Crippen LogP) is 1.23. The lowest BCUT2D eigenvalue weighted by Crippen LogP contribution is -2.47. The van der Waals surface area contributed by atoms with Crippen LogP contribution in [0.4, 0.5) is 0 Å². The number of carboxylic acid groups (broad SMARTS) is 1. The molecule has 0 radical (unpaired) electrons. The molecule has 1 saturated heterocycles. The number of pyridine rings is 1. The van der Waals surface area contributed by atoms with Crippen LogP contribution in [0.5, 0.6) is 0 Å². The van der Waals surface area contributed by atoms with Gasteiger partial charge in [0.2, 0.25) is 0 Å². The Kier molecular flexibility index (Phi) is 3.53. The number of H-pyrrole nitrogens is 1. The van der Waals surface area contributed by atoms with Crippen molar-refractivity contribution >= 4 is 11.9 Å². The highest BCUT2D eigenvalue weighted by Crippen LogP contribution is 2.40. The van der Waals surface area contributed by atoms with Gasteiger partial charge in [-0.05, 0) is 37.3 Å². The van der Waals surface area contributed by atoms with Crippen molar-refractivity contribution in [3.05, 3.63) is 34.2 Å². The van der Waals surface area contributed by atoms with Crippen molar-refractivity contribution in [2.75, 3.05) is 0 Å². The lowest BCUT2D eigenvalue weighted by Gasteiger charge is -2.32. The summed E-state index contributed by atoms with van der Waals surface area (Å²) in [5.41, 5.74) is -0.444. The van der Waals surface area contributed by atoms with Crippen LogP contribution in [0, 0.1) is 5.92 Å². The topological polar surface area (TPSA) is 90.5 Å². The molecule has 3 unspecified atom stereocenters. The van der Waals surface area contributed by atoms with Gasteiger partial charge in [-0.15, -0.1) is 0 Å². The fourth-order valence-corrected chi connectivity index (χ4v) is 3.70. The van der Waals surface area contributed by atoms with Crippen molar-refractivity contribution < 1.29 is 14.7 Å². The van der Waals surface area contributed by atoms with Gasteiger partial charge in [-0.25, -0.2) is 4.79 Å². The molecule has 2 fully saturated rings. The molecule has 112 valence electrons. The molecule has 1 aromatic rings. The number of hydrogen-bond donors (Lipinski definition) is 2. The number of aromatic nitrogens is 1.